The zero-order valence-corrected chi connectivity index (χ0v) is 16.8. The van der Waals surface area contributed by atoms with Crippen molar-refractivity contribution in [1.82, 2.24) is 19.5 Å². The summed E-state index contributed by atoms with van der Waals surface area (Å²) in [6.45, 7) is 5.61. The van der Waals surface area contributed by atoms with E-state index in [-0.39, 0.29) is 24.4 Å². The lowest BCUT2D eigenvalue weighted by molar-refractivity contribution is -0.139. The smallest absolute Gasteiger partial charge is 0.341 e. The van der Waals surface area contributed by atoms with E-state index in [1.54, 1.807) is 10.6 Å². The molecule has 3 aromatic rings. The monoisotopic (exact) mass is 404 g/mol. The number of aryl methyl sites for hydroxylation is 3. The minimum absolute atomic E-state index is 0.0818. The van der Waals surface area contributed by atoms with Crippen molar-refractivity contribution >= 4 is 11.6 Å². The topological polar surface area (TPSA) is 50.5 Å². The van der Waals surface area contributed by atoms with E-state index in [1.165, 1.54) is 24.1 Å². The zero-order chi connectivity index (χ0) is 21.3. The molecular weight excluding hydrogens is 381 g/mol. The van der Waals surface area contributed by atoms with Crippen LogP contribution < -0.4 is 0 Å². The van der Waals surface area contributed by atoms with Gasteiger partial charge in [-0.15, -0.1) is 0 Å². The molecule has 154 valence electrons. The van der Waals surface area contributed by atoms with Gasteiger partial charge in [0.15, 0.2) is 5.65 Å². The molecule has 0 bridgehead atoms. The van der Waals surface area contributed by atoms with Gasteiger partial charge in [-0.25, -0.2) is 9.50 Å². The molecule has 0 unspecified atom stereocenters. The lowest BCUT2D eigenvalue weighted by atomic mass is 10.0. The van der Waals surface area contributed by atoms with Crippen molar-refractivity contribution in [2.75, 3.05) is 7.05 Å². The van der Waals surface area contributed by atoms with E-state index in [0.717, 1.165) is 34.4 Å². The minimum atomic E-state index is -4.45. The first-order valence-corrected chi connectivity index (χ1v) is 9.29. The molecule has 0 aliphatic heterocycles. The maximum atomic E-state index is 13.2. The van der Waals surface area contributed by atoms with Gasteiger partial charge in [0, 0.05) is 37.5 Å². The molecule has 2 aromatic heterocycles. The van der Waals surface area contributed by atoms with Gasteiger partial charge in [0.2, 0.25) is 5.91 Å². The van der Waals surface area contributed by atoms with Crippen LogP contribution in [0.1, 0.15) is 40.2 Å². The number of hydrogen-bond acceptors (Lipinski definition) is 3. The molecule has 3 rings (SSSR count). The van der Waals surface area contributed by atoms with E-state index in [0.29, 0.717) is 6.42 Å². The van der Waals surface area contributed by atoms with Crippen LogP contribution in [0.15, 0.2) is 30.3 Å². The molecule has 0 saturated carbocycles. The highest BCUT2D eigenvalue weighted by Crippen LogP contribution is 2.32. The molecule has 0 atom stereocenters. The molecule has 1 aromatic carbocycles. The second-order valence-electron chi connectivity index (χ2n) is 7.22. The van der Waals surface area contributed by atoms with Crippen molar-refractivity contribution < 1.29 is 18.0 Å². The Balaban J connectivity index is 1.73. The molecular formula is C21H23F3N4O. The van der Waals surface area contributed by atoms with E-state index in [2.05, 4.69) is 10.1 Å². The lowest BCUT2D eigenvalue weighted by Gasteiger charge is -2.20. The normalized spacial score (nSPS) is 11.8. The summed E-state index contributed by atoms with van der Waals surface area (Å²) in [5.41, 5.74) is 3.65. The largest absolute Gasteiger partial charge is 0.416 e. The van der Waals surface area contributed by atoms with Crippen molar-refractivity contribution in [3.05, 3.63) is 64.1 Å². The summed E-state index contributed by atoms with van der Waals surface area (Å²) in [6, 6.07) is 7.22. The second kappa shape index (κ2) is 7.85. The van der Waals surface area contributed by atoms with Crippen LogP contribution in [0, 0.1) is 20.8 Å². The number of nitrogens with zero attached hydrogens (tertiary/aromatic N) is 4. The Bertz CT molecular complexity index is 1060. The van der Waals surface area contributed by atoms with Gasteiger partial charge in [-0.3, -0.25) is 4.79 Å². The summed E-state index contributed by atoms with van der Waals surface area (Å²) in [5, 5.41) is 4.42. The van der Waals surface area contributed by atoms with Crippen LogP contribution in [0.4, 0.5) is 13.2 Å². The highest BCUT2D eigenvalue weighted by atomic mass is 19.4. The van der Waals surface area contributed by atoms with Gasteiger partial charge in [-0.05, 0) is 44.4 Å². The van der Waals surface area contributed by atoms with E-state index in [1.807, 2.05) is 26.8 Å². The predicted octanol–water partition coefficient (Wildman–Crippen LogP) is 4.26. The van der Waals surface area contributed by atoms with Gasteiger partial charge in [0.1, 0.15) is 0 Å². The van der Waals surface area contributed by atoms with Gasteiger partial charge in [0.25, 0.3) is 0 Å². The molecule has 0 aliphatic rings. The van der Waals surface area contributed by atoms with Crippen LogP contribution in [-0.2, 0) is 23.9 Å². The quantitative estimate of drug-likeness (QED) is 0.638. The Morgan fingerprint density at radius 1 is 1.17 bits per heavy atom. The number of amides is 1. The molecule has 8 heteroatoms. The first-order chi connectivity index (χ1) is 13.6. The highest BCUT2D eigenvalue weighted by Gasteiger charge is 2.33. The van der Waals surface area contributed by atoms with Crippen LogP contribution in [0.2, 0.25) is 0 Å². The van der Waals surface area contributed by atoms with Crippen LogP contribution in [0.25, 0.3) is 5.65 Å². The second-order valence-corrected chi connectivity index (χ2v) is 7.22. The number of carbonyl (C=O) groups excluding carboxylic acids is 1. The summed E-state index contributed by atoms with van der Waals surface area (Å²) >= 11 is 0. The molecule has 0 saturated heterocycles. The number of hydrogen-bond donors (Lipinski definition) is 0. The third kappa shape index (κ3) is 4.41. The predicted molar refractivity (Wildman–Crippen MR) is 103 cm³/mol. The molecule has 0 fully saturated rings. The molecule has 0 aliphatic carbocycles. The summed E-state index contributed by atoms with van der Waals surface area (Å²) in [6.07, 6.45) is -3.82. The number of benzene rings is 1. The Hall–Kier alpha value is -2.90. The summed E-state index contributed by atoms with van der Waals surface area (Å²) in [4.78, 5) is 18.4. The molecule has 0 N–H and O–H groups in total. The van der Waals surface area contributed by atoms with Gasteiger partial charge in [0.05, 0.1) is 11.3 Å². The van der Waals surface area contributed by atoms with E-state index >= 15 is 0 Å². The Morgan fingerprint density at radius 3 is 2.55 bits per heavy atom. The van der Waals surface area contributed by atoms with E-state index < -0.39 is 11.7 Å². The number of alkyl halides is 3. The number of aromatic nitrogens is 3. The fourth-order valence-corrected chi connectivity index (χ4v) is 3.50. The van der Waals surface area contributed by atoms with Gasteiger partial charge >= 0.3 is 6.18 Å². The number of fused-ring (bicyclic) bond motifs is 1. The van der Waals surface area contributed by atoms with Gasteiger partial charge in [-0.1, -0.05) is 18.2 Å². The van der Waals surface area contributed by atoms with E-state index in [4.69, 9.17) is 0 Å². The third-order valence-electron chi connectivity index (χ3n) is 5.03. The zero-order valence-electron chi connectivity index (χ0n) is 16.8. The molecule has 1 amide bonds. The molecule has 5 nitrogen and oxygen atoms in total. The average Bonchev–Trinajstić information content (AvgIpc) is 3.01. The maximum Gasteiger partial charge on any atom is 0.416 e. The van der Waals surface area contributed by atoms with Crippen molar-refractivity contribution in [2.24, 2.45) is 0 Å². The van der Waals surface area contributed by atoms with Crippen LogP contribution >= 0.6 is 0 Å². The van der Waals surface area contributed by atoms with Crippen LogP contribution in [0.3, 0.4) is 0 Å². The fourth-order valence-electron chi connectivity index (χ4n) is 3.50. The van der Waals surface area contributed by atoms with Gasteiger partial charge in [-0.2, -0.15) is 18.3 Å². The summed E-state index contributed by atoms with van der Waals surface area (Å²) in [5.74, 6) is -0.225. The first-order valence-electron chi connectivity index (χ1n) is 9.29. The number of carbonyl (C=O) groups is 1. The van der Waals surface area contributed by atoms with Crippen LogP contribution in [-0.4, -0.2) is 32.5 Å². The average molecular weight is 404 g/mol. The van der Waals surface area contributed by atoms with Crippen molar-refractivity contribution in [3.63, 3.8) is 0 Å². The molecule has 0 spiro atoms. The van der Waals surface area contributed by atoms with Crippen LogP contribution in [0.5, 0.6) is 0 Å². The van der Waals surface area contributed by atoms with E-state index in [9.17, 15) is 18.0 Å². The molecule has 29 heavy (non-hydrogen) atoms. The lowest BCUT2D eigenvalue weighted by Crippen LogP contribution is -2.28. The third-order valence-corrected chi connectivity index (χ3v) is 5.03. The molecule has 0 radical (unpaired) electrons. The maximum absolute atomic E-state index is 13.2. The van der Waals surface area contributed by atoms with Gasteiger partial charge < -0.3 is 4.90 Å². The highest BCUT2D eigenvalue weighted by molar-refractivity contribution is 5.76. The number of rotatable bonds is 5. The van der Waals surface area contributed by atoms with Crippen molar-refractivity contribution in [1.29, 1.82) is 0 Å². The summed E-state index contributed by atoms with van der Waals surface area (Å²) in [7, 11) is 1.52. The number of halogens is 3. The Morgan fingerprint density at radius 2 is 1.86 bits per heavy atom. The minimum Gasteiger partial charge on any atom is -0.341 e. The molecule has 2 heterocycles. The van der Waals surface area contributed by atoms with Crippen molar-refractivity contribution in [3.8, 4) is 0 Å². The summed E-state index contributed by atoms with van der Waals surface area (Å²) < 4.78 is 41.3. The first kappa shape index (κ1) is 20.8. The standard InChI is InChI=1S/C21H23F3N4O/c1-13-11-19-25-14(2)17(15(3)28(19)26-13)9-10-20(29)27(4)12-16-7-5-6-8-18(16)21(22,23)24/h5-8,11H,9-10,12H2,1-4H3. The SMILES string of the molecule is Cc1cc2nc(C)c(CCC(=O)N(C)Cc3ccccc3C(F)(F)F)c(C)n2n1. The Kier molecular flexibility index (Phi) is 5.64. The fraction of sp³-hybridized carbons (Fsp3) is 0.381. The van der Waals surface area contributed by atoms with Crippen molar-refractivity contribution in [2.45, 2.75) is 46.3 Å². The Labute approximate surface area is 167 Å².